The van der Waals surface area contributed by atoms with E-state index in [1.807, 2.05) is 48.5 Å². The molecule has 2 unspecified atom stereocenters. The average molecular weight is 470 g/mol. The fourth-order valence-electron chi connectivity index (χ4n) is 3.94. The van der Waals surface area contributed by atoms with Crippen LogP contribution in [0, 0.1) is 0 Å². The summed E-state index contributed by atoms with van der Waals surface area (Å²) in [6.45, 7) is 1.57. The van der Waals surface area contributed by atoms with Crippen molar-refractivity contribution in [1.29, 1.82) is 0 Å². The van der Waals surface area contributed by atoms with Gasteiger partial charge in [0.15, 0.2) is 0 Å². The number of hydrogen-bond donors (Lipinski definition) is 5. The maximum Gasteiger partial charge on any atom is 0.128 e. The van der Waals surface area contributed by atoms with Crippen LogP contribution in [0.3, 0.4) is 0 Å². The largest absolute Gasteiger partial charge is 0.375 e. The van der Waals surface area contributed by atoms with Gasteiger partial charge in [0, 0.05) is 6.54 Å². The van der Waals surface area contributed by atoms with Crippen molar-refractivity contribution in [2.45, 2.75) is 19.1 Å². The number of rotatable bonds is 9. The molecule has 6 heteroatoms. The normalized spacial score (nSPS) is 12.9. The van der Waals surface area contributed by atoms with Crippen molar-refractivity contribution in [2.24, 2.45) is 17.2 Å². The van der Waals surface area contributed by atoms with Crippen molar-refractivity contribution < 1.29 is 14.9 Å². The predicted molar refractivity (Wildman–Crippen MR) is 140 cm³/mol. The number of ether oxygens (including phenoxy) is 1. The Morgan fingerprint density at radius 2 is 0.943 bits per heavy atom. The molecule has 35 heavy (non-hydrogen) atoms. The second-order valence-electron chi connectivity index (χ2n) is 8.47. The topological polar surface area (TPSA) is 128 Å². The smallest absolute Gasteiger partial charge is 0.128 e. The van der Waals surface area contributed by atoms with Crippen LogP contribution in [0.1, 0.15) is 29.1 Å². The molecule has 0 aliphatic rings. The van der Waals surface area contributed by atoms with E-state index in [9.17, 15) is 10.2 Å². The van der Waals surface area contributed by atoms with E-state index in [4.69, 9.17) is 21.9 Å². The maximum atomic E-state index is 9.66. The lowest BCUT2D eigenvalue weighted by atomic mass is 9.92. The van der Waals surface area contributed by atoms with Gasteiger partial charge >= 0.3 is 0 Å². The fourth-order valence-corrected chi connectivity index (χ4v) is 3.94. The van der Waals surface area contributed by atoms with Crippen molar-refractivity contribution >= 4 is 0 Å². The van der Waals surface area contributed by atoms with Gasteiger partial charge in [-0.2, -0.15) is 0 Å². The highest BCUT2D eigenvalue weighted by molar-refractivity contribution is 5.81. The SMILES string of the molecule is NCCOCc1ccc(-c2cc(-c3ccc(C(N)O)cc3)cc(-c3ccc(C(N)O)cc3)c2)cc1. The first-order chi connectivity index (χ1) is 16.9. The number of nitrogens with two attached hydrogens (primary N) is 3. The molecule has 4 aromatic carbocycles. The Balaban J connectivity index is 1.73. The van der Waals surface area contributed by atoms with Gasteiger partial charge in [-0.15, -0.1) is 0 Å². The van der Waals surface area contributed by atoms with Crippen LogP contribution in [-0.2, 0) is 11.3 Å². The standard InChI is InChI=1S/C29H31N3O3/c30-13-14-35-18-19-1-3-20(4-2-19)25-15-26(21-5-9-23(10-6-21)28(31)33)17-27(16-25)22-7-11-24(12-8-22)29(32)34/h1-12,15-17,28-29,33-34H,13-14,18,30-32H2. The lowest BCUT2D eigenvalue weighted by Gasteiger charge is -2.13. The molecular formula is C29H31N3O3. The van der Waals surface area contributed by atoms with Crippen LogP contribution >= 0.6 is 0 Å². The van der Waals surface area contributed by atoms with Crippen LogP contribution in [0.15, 0.2) is 91.0 Å². The Hall–Kier alpha value is -3.36. The van der Waals surface area contributed by atoms with Crippen molar-refractivity contribution in [3.8, 4) is 33.4 Å². The minimum absolute atomic E-state index is 0.504. The summed E-state index contributed by atoms with van der Waals surface area (Å²) in [6.07, 6.45) is -2.01. The molecule has 6 nitrogen and oxygen atoms in total. The lowest BCUT2D eigenvalue weighted by molar-refractivity contribution is 0.128. The van der Waals surface area contributed by atoms with E-state index in [1.54, 1.807) is 0 Å². The van der Waals surface area contributed by atoms with Crippen molar-refractivity contribution in [2.75, 3.05) is 13.2 Å². The quantitative estimate of drug-likeness (QED) is 0.186. The summed E-state index contributed by atoms with van der Waals surface area (Å²) < 4.78 is 5.54. The Kier molecular flexibility index (Phi) is 8.05. The molecule has 0 amide bonds. The second-order valence-corrected chi connectivity index (χ2v) is 8.47. The Morgan fingerprint density at radius 3 is 1.29 bits per heavy atom. The van der Waals surface area contributed by atoms with Gasteiger partial charge in [0.25, 0.3) is 0 Å². The van der Waals surface area contributed by atoms with Gasteiger partial charge in [-0.1, -0.05) is 72.8 Å². The van der Waals surface area contributed by atoms with E-state index in [1.165, 1.54) is 0 Å². The van der Waals surface area contributed by atoms with Gasteiger partial charge in [0.05, 0.1) is 13.2 Å². The number of hydrogen-bond acceptors (Lipinski definition) is 6. The van der Waals surface area contributed by atoms with E-state index >= 15 is 0 Å². The molecule has 0 saturated carbocycles. The lowest BCUT2D eigenvalue weighted by Crippen LogP contribution is -2.08. The summed E-state index contributed by atoms with van der Waals surface area (Å²) in [5.41, 5.74) is 25.4. The van der Waals surface area contributed by atoms with Gasteiger partial charge in [-0.05, 0) is 68.3 Å². The van der Waals surface area contributed by atoms with Gasteiger partial charge < -0.3 is 32.2 Å². The third kappa shape index (κ3) is 6.21. The number of aliphatic hydroxyl groups is 2. The molecular weight excluding hydrogens is 438 g/mol. The number of benzene rings is 4. The predicted octanol–water partition coefficient (Wildman–Crippen LogP) is 4.06. The highest BCUT2D eigenvalue weighted by Gasteiger charge is 2.10. The van der Waals surface area contributed by atoms with E-state index in [2.05, 4.69) is 42.5 Å². The second kappa shape index (κ2) is 11.4. The molecule has 0 aliphatic heterocycles. The first-order valence-electron chi connectivity index (χ1n) is 11.5. The molecule has 8 N–H and O–H groups in total. The Morgan fingerprint density at radius 1 is 0.571 bits per heavy atom. The highest BCUT2D eigenvalue weighted by Crippen LogP contribution is 2.33. The van der Waals surface area contributed by atoms with Crippen LogP contribution in [0.2, 0.25) is 0 Å². The van der Waals surface area contributed by atoms with Gasteiger partial charge in [0.2, 0.25) is 0 Å². The molecule has 2 atom stereocenters. The fraction of sp³-hybridized carbons (Fsp3) is 0.172. The highest BCUT2D eigenvalue weighted by atomic mass is 16.5. The third-order valence-corrected chi connectivity index (χ3v) is 5.92. The summed E-state index contributed by atoms with van der Waals surface area (Å²) in [5, 5.41) is 19.3. The molecule has 0 spiro atoms. The Labute approximate surface area is 205 Å². The maximum absolute atomic E-state index is 9.66. The minimum atomic E-state index is -1.00. The van der Waals surface area contributed by atoms with Gasteiger partial charge in [-0.25, -0.2) is 0 Å². The summed E-state index contributed by atoms with van der Waals surface area (Å²) in [7, 11) is 0. The van der Waals surface area contributed by atoms with Crippen LogP contribution in [0.5, 0.6) is 0 Å². The molecule has 0 aromatic heterocycles. The van der Waals surface area contributed by atoms with E-state index in [-0.39, 0.29) is 0 Å². The third-order valence-electron chi connectivity index (χ3n) is 5.92. The molecule has 0 aliphatic carbocycles. The van der Waals surface area contributed by atoms with Crippen molar-refractivity contribution in [3.63, 3.8) is 0 Å². The van der Waals surface area contributed by atoms with Gasteiger partial charge in [-0.3, -0.25) is 0 Å². The van der Waals surface area contributed by atoms with Crippen LogP contribution < -0.4 is 17.2 Å². The van der Waals surface area contributed by atoms with Crippen molar-refractivity contribution in [1.82, 2.24) is 0 Å². The van der Waals surface area contributed by atoms with Crippen LogP contribution in [0.4, 0.5) is 0 Å². The van der Waals surface area contributed by atoms with E-state index in [0.717, 1.165) is 38.9 Å². The van der Waals surface area contributed by atoms with E-state index in [0.29, 0.717) is 30.9 Å². The van der Waals surface area contributed by atoms with Gasteiger partial charge in [0.1, 0.15) is 12.5 Å². The monoisotopic (exact) mass is 469 g/mol. The summed E-state index contributed by atoms with van der Waals surface area (Å²) in [6, 6.07) is 29.9. The molecule has 0 bridgehead atoms. The minimum Gasteiger partial charge on any atom is -0.375 e. The molecule has 0 fully saturated rings. The van der Waals surface area contributed by atoms with Crippen molar-refractivity contribution in [3.05, 3.63) is 108 Å². The summed E-state index contributed by atoms with van der Waals surface area (Å²) in [4.78, 5) is 0. The Bertz CT molecular complexity index is 1170. The summed E-state index contributed by atoms with van der Waals surface area (Å²) in [5.74, 6) is 0. The molecule has 0 radical (unpaired) electrons. The molecule has 180 valence electrons. The zero-order valence-corrected chi connectivity index (χ0v) is 19.5. The molecule has 4 rings (SSSR count). The van der Waals surface area contributed by atoms with E-state index < -0.39 is 12.5 Å². The zero-order chi connectivity index (χ0) is 24.8. The first kappa shape index (κ1) is 24.8. The van der Waals surface area contributed by atoms with Crippen LogP contribution in [-0.4, -0.2) is 23.4 Å². The molecule has 0 saturated heterocycles. The average Bonchev–Trinajstić information content (AvgIpc) is 2.89. The number of aliphatic hydroxyl groups excluding tert-OH is 2. The zero-order valence-electron chi connectivity index (χ0n) is 19.5. The summed E-state index contributed by atoms with van der Waals surface area (Å²) >= 11 is 0. The first-order valence-corrected chi connectivity index (χ1v) is 11.5. The molecule has 4 aromatic rings. The van der Waals surface area contributed by atoms with Crippen LogP contribution in [0.25, 0.3) is 33.4 Å². The molecule has 0 heterocycles.